The van der Waals surface area contributed by atoms with Gasteiger partial charge in [-0.2, -0.15) is 5.26 Å². The van der Waals surface area contributed by atoms with Gasteiger partial charge in [-0.1, -0.05) is 18.2 Å². The number of aryl methyl sites for hydroxylation is 2. The lowest BCUT2D eigenvalue weighted by Gasteiger charge is -2.08. The number of hydrogen-bond donors (Lipinski definition) is 1. The molecule has 0 aliphatic carbocycles. The molecule has 4 rings (SSSR count). The summed E-state index contributed by atoms with van der Waals surface area (Å²) in [7, 11) is 3.13. The van der Waals surface area contributed by atoms with Gasteiger partial charge in [0.05, 0.1) is 14.2 Å². The first-order valence-electron chi connectivity index (χ1n) is 12.3. The van der Waals surface area contributed by atoms with Gasteiger partial charge in [-0.15, -0.1) is 0 Å². The number of rotatable bonds is 10. The molecule has 1 aromatic heterocycles. The Hall–Kier alpha value is -5.23. The molecule has 9 nitrogen and oxygen atoms in total. The van der Waals surface area contributed by atoms with E-state index in [1.165, 1.54) is 0 Å². The van der Waals surface area contributed by atoms with Crippen molar-refractivity contribution in [3.8, 4) is 45.8 Å². The lowest BCUT2D eigenvalue weighted by molar-refractivity contribution is -0.149. The number of amides is 1. The fourth-order valence-electron chi connectivity index (χ4n) is 4.11. The van der Waals surface area contributed by atoms with E-state index >= 15 is 0 Å². The molecule has 0 radical (unpaired) electrons. The fourth-order valence-corrected chi connectivity index (χ4v) is 4.11. The number of furan rings is 1. The van der Waals surface area contributed by atoms with Gasteiger partial charge in [-0.3, -0.25) is 10.1 Å². The fraction of sp³-hybridized carbons (Fsp3) is 0.194. The number of benzene rings is 3. The summed E-state index contributed by atoms with van der Waals surface area (Å²) < 4.78 is 27.1. The number of carbonyl (C=O) groups is 2. The first kappa shape index (κ1) is 27.8. The van der Waals surface area contributed by atoms with Crippen molar-refractivity contribution in [2.24, 2.45) is 0 Å². The Morgan fingerprint density at radius 1 is 0.825 bits per heavy atom. The Labute approximate surface area is 231 Å². The molecule has 4 aromatic rings. The zero-order valence-corrected chi connectivity index (χ0v) is 22.6. The summed E-state index contributed by atoms with van der Waals surface area (Å²) in [4.78, 5) is 24.9. The zero-order chi connectivity index (χ0) is 28.6. The second-order valence-corrected chi connectivity index (χ2v) is 8.90. The van der Waals surface area contributed by atoms with Crippen LogP contribution in [0, 0.1) is 25.2 Å². The summed E-state index contributed by atoms with van der Waals surface area (Å²) in [5, 5.41) is 12.6. The maximum absolute atomic E-state index is 12.7. The van der Waals surface area contributed by atoms with Crippen LogP contribution in [-0.2, 0) is 14.3 Å². The Morgan fingerprint density at radius 3 is 1.95 bits per heavy atom. The number of carbonyl (C=O) groups excluding carboxylic acids is 2. The minimum absolute atomic E-state index is 0.0633. The Bertz CT molecular complexity index is 1530. The highest BCUT2D eigenvalue weighted by Crippen LogP contribution is 2.42. The minimum atomic E-state index is -0.716. The van der Waals surface area contributed by atoms with Crippen molar-refractivity contribution in [3.63, 3.8) is 0 Å². The molecule has 0 bridgehead atoms. The van der Waals surface area contributed by atoms with Crippen molar-refractivity contribution in [3.05, 3.63) is 83.4 Å². The molecule has 0 saturated carbocycles. The van der Waals surface area contributed by atoms with Crippen molar-refractivity contribution in [1.82, 2.24) is 0 Å². The van der Waals surface area contributed by atoms with E-state index in [1.807, 2.05) is 19.9 Å². The topological polar surface area (TPSA) is 120 Å². The Balaban J connectivity index is 1.52. The summed E-state index contributed by atoms with van der Waals surface area (Å²) in [6, 6.07) is 21.9. The van der Waals surface area contributed by atoms with E-state index < -0.39 is 18.5 Å². The van der Waals surface area contributed by atoms with Gasteiger partial charge >= 0.3 is 5.97 Å². The van der Waals surface area contributed by atoms with E-state index in [0.29, 0.717) is 39.7 Å². The van der Waals surface area contributed by atoms with Crippen molar-refractivity contribution in [2.45, 2.75) is 13.8 Å². The van der Waals surface area contributed by atoms with Crippen LogP contribution in [0.2, 0.25) is 0 Å². The van der Waals surface area contributed by atoms with Gasteiger partial charge in [0.1, 0.15) is 34.6 Å². The number of methoxy groups -OCH3 is 2. The van der Waals surface area contributed by atoms with E-state index in [1.54, 1.807) is 74.9 Å². The van der Waals surface area contributed by atoms with Gasteiger partial charge in [0, 0.05) is 11.1 Å². The monoisotopic (exact) mass is 540 g/mol. The second-order valence-electron chi connectivity index (χ2n) is 8.90. The third-order valence-corrected chi connectivity index (χ3v) is 5.92. The van der Waals surface area contributed by atoms with E-state index in [9.17, 15) is 14.9 Å². The van der Waals surface area contributed by atoms with Crippen LogP contribution in [0.15, 0.2) is 71.1 Å². The molecule has 0 atom stereocenters. The summed E-state index contributed by atoms with van der Waals surface area (Å²) in [5.74, 6) is 0.752. The zero-order valence-electron chi connectivity index (χ0n) is 22.6. The number of hydrogen-bond acceptors (Lipinski definition) is 8. The molecular formula is C31H28N2O7. The number of esters is 1. The van der Waals surface area contributed by atoms with Crippen LogP contribution in [0.3, 0.4) is 0 Å². The van der Waals surface area contributed by atoms with Gasteiger partial charge in [0.25, 0.3) is 5.91 Å². The van der Waals surface area contributed by atoms with Gasteiger partial charge in [0.2, 0.25) is 5.88 Å². The molecule has 3 aromatic carbocycles. The van der Waals surface area contributed by atoms with Crippen molar-refractivity contribution in [2.75, 3.05) is 32.8 Å². The standard InChI is InChI=1S/C31H28N2O7/c1-19-13-20(2)15-25(14-19)38-18-28(35)39-17-27(34)33-31-26(16-32)29(21-5-9-23(36-3)10-6-21)30(40-31)22-7-11-24(37-4)12-8-22/h5-15H,17-18H2,1-4H3,(H,33,34). The van der Waals surface area contributed by atoms with Gasteiger partial charge in [-0.05, 0) is 79.1 Å². The molecule has 1 amide bonds. The quantitative estimate of drug-likeness (QED) is 0.255. The maximum atomic E-state index is 12.7. The van der Waals surface area contributed by atoms with Crippen LogP contribution in [0.25, 0.3) is 22.5 Å². The molecule has 1 N–H and O–H groups in total. The van der Waals surface area contributed by atoms with Crippen molar-refractivity contribution in [1.29, 1.82) is 5.26 Å². The number of ether oxygens (including phenoxy) is 4. The van der Waals surface area contributed by atoms with Crippen molar-refractivity contribution >= 4 is 17.8 Å². The summed E-state index contributed by atoms with van der Waals surface area (Å²) in [5.41, 5.74) is 3.95. The van der Waals surface area contributed by atoms with E-state index in [2.05, 4.69) is 11.4 Å². The second kappa shape index (κ2) is 12.5. The van der Waals surface area contributed by atoms with Crippen LogP contribution >= 0.6 is 0 Å². The van der Waals surface area contributed by atoms with Crippen LogP contribution in [-0.4, -0.2) is 39.3 Å². The van der Waals surface area contributed by atoms with E-state index in [-0.39, 0.29) is 18.1 Å². The number of nitrogens with one attached hydrogen (secondary N) is 1. The predicted molar refractivity (Wildman–Crippen MR) is 148 cm³/mol. The molecule has 0 unspecified atom stereocenters. The highest BCUT2D eigenvalue weighted by atomic mass is 16.6. The van der Waals surface area contributed by atoms with Gasteiger partial charge in [-0.25, -0.2) is 4.79 Å². The summed E-state index contributed by atoms with van der Waals surface area (Å²) >= 11 is 0. The largest absolute Gasteiger partial charge is 0.497 e. The minimum Gasteiger partial charge on any atom is -0.497 e. The van der Waals surface area contributed by atoms with E-state index in [0.717, 1.165) is 11.1 Å². The SMILES string of the molecule is COc1ccc(-c2oc(NC(=O)COC(=O)COc3cc(C)cc(C)c3)c(C#N)c2-c2ccc(OC)cc2)cc1. The number of nitrogens with zero attached hydrogens (tertiary/aromatic N) is 1. The Morgan fingerprint density at radius 2 is 1.40 bits per heavy atom. The van der Waals surface area contributed by atoms with Crippen LogP contribution in [0.1, 0.15) is 16.7 Å². The predicted octanol–water partition coefficient (Wildman–Crippen LogP) is 5.68. The summed E-state index contributed by atoms with van der Waals surface area (Å²) in [6.45, 7) is 2.90. The van der Waals surface area contributed by atoms with Gasteiger partial charge < -0.3 is 23.4 Å². The average Bonchev–Trinajstić information content (AvgIpc) is 3.32. The van der Waals surface area contributed by atoms with Crippen LogP contribution < -0.4 is 19.5 Å². The van der Waals surface area contributed by atoms with Crippen molar-refractivity contribution < 1.29 is 33.0 Å². The molecule has 1 heterocycles. The lowest BCUT2D eigenvalue weighted by atomic mass is 9.98. The molecule has 0 fully saturated rings. The smallest absolute Gasteiger partial charge is 0.344 e. The lowest BCUT2D eigenvalue weighted by Crippen LogP contribution is -2.23. The first-order chi connectivity index (χ1) is 19.3. The number of nitriles is 1. The maximum Gasteiger partial charge on any atom is 0.344 e. The molecule has 0 saturated heterocycles. The molecule has 0 aliphatic rings. The first-order valence-corrected chi connectivity index (χ1v) is 12.3. The highest BCUT2D eigenvalue weighted by Gasteiger charge is 2.25. The number of anilines is 1. The molecule has 9 heteroatoms. The van der Waals surface area contributed by atoms with Gasteiger partial charge in [0.15, 0.2) is 13.2 Å². The normalized spacial score (nSPS) is 10.4. The molecule has 204 valence electrons. The molecular weight excluding hydrogens is 512 g/mol. The summed E-state index contributed by atoms with van der Waals surface area (Å²) in [6.07, 6.45) is 0. The van der Waals surface area contributed by atoms with E-state index in [4.69, 9.17) is 23.4 Å². The average molecular weight is 541 g/mol. The molecule has 0 aliphatic heterocycles. The third-order valence-electron chi connectivity index (χ3n) is 5.92. The molecule has 40 heavy (non-hydrogen) atoms. The third kappa shape index (κ3) is 6.60. The Kier molecular flexibility index (Phi) is 8.72. The highest BCUT2D eigenvalue weighted by molar-refractivity contribution is 5.96. The molecule has 0 spiro atoms. The van der Waals surface area contributed by atoms with Crippen LogP contribution in [0.5, 0.6) is 17.2 Å². The van der Waals surface area contributed by atoms with Crippen LogP contribution in [0.4, 0.5) is 5.88 Å².